The van der Waals surface area contributed by atoms with Gasteiger partial charge in [0.05, 0.1) is 0 Å². The average Bonchev–Trinajstić information content (AvgIpc) is 2.12. The van der Waals surface area contributed by atoms with E-state index in [0.717, 1.165) is 0 Å². The van der Waals surface area contributed by atoms with Crippen molar-refractivity contribution in [3.05, 3.63) is 12.2 Å². The molecule has 0 rings (SSSR count). The number of primary amides is 2. The van der Waals surface area contributed by atoms with Crippen molar-refractivity contribution in [2.75, 3.05) is 14.2 Å². The molecule has 0 aromatic rings. The molecular formula is C7H16N2O5. The molecular weight excluding hydrogens is 192 g/mol. The largest absolute Gasteiger partial charge is 0.365 e. The molecule has 0 aliphatic carbocycles. The maximum Gasteiger partial charge on any atom is 0.309 e. The Kier molecular flexibility index (Phi) is 10.9. The van der Waals surface area contributed by atoms with Crippen LogP contribution in [0.3, 0.4) is 0 Å². The molecule has 0 heterocycles. The zero-order chi connectivity index (χ0) is 11.6. The van der Waals surface area contributed by atoms with E-state index in [2.05, 4.69) is 20.9 Å². The lowest BCUT2D eigenvalue weighted by atomic mass is 10.5. The zero-order valence-electron chi connectivity index (χ0n) is 8.08. The number of methoxy groups -OCH3 is 2. The number of carbonyl (C=O) groups is 1. The zero-order valence-corrected chi connectivity index (χ0v) is 8.08. The van der Waals surface area contributed by atoms with Gasteiger partial charge in [-0.1, -0.05) is 0 Å². The molecule has 0 radical (unpaired) electrons. The first-order valence-corrected chi connectivity index (χ1v) is 3.59. The van der Waals surface area contributed by atoms with Gasteiger partial charge in [-0.25, -0.2) is 4.79 Å². The van der Waals surface area contributed by atoms with E-state index < -0.39 is 18.6 Å². The second-order valence-electron chi connectivity index (χ2n) is 2.04. The molecule has 2 unspecified atom stereocenters. The molecule has 0 saturated carbocycles. The van der Waals surface area contributed by atoms with Crippen LogP contribution < -0.4 is 11.5 Å². The number of urea groups is 1. The van der Waals surface area contributed by atoms with Crippen molar-refractivity contribution in [3.8, 4) is 0 Å². The summed E-state index contributed by atoms with van der Waals surface area (Å²) in [5.41, 5.74) is 8.50. The highest BCUT2D eigenvalue weighted by Crippen LogP contribution is 1.90. The van der Waals surface area contributed by atoms with Gasteiger partial charge in [-0.3, -0.25) is 0 Å². The Morgan fingerprint density at radius 3 is 1.50 bits per heavy atom. The van der Waals surface area contributed by atoms with Crippen LogP contribution >= 0.6 is 0 Å². The Morgan fingerprint density at radius 1 is 1.14 bits per heavy atom. The van der Waals surface area contributed by atoms with Crippen LogP contribution in [0.1, 0.15) is 0 Å². The number of carbonyl (C=O) groups excluding carboxylic acids is 1. The molecule has 84 valence electrons. The van der Waals surface area contributed by atoms with Gasteiger partial charge in [0, 0.05) is 14.2 Å². The number of amides is 2. The fourth-order valence-corrected chi connectivity index (χ4v) is 0.347. The highest BCUT2D eigenvalue weighted by atomic mass is 16.6. The van der Waals surface area contributed by atoms with Crippen molar-refractivity contribution in [2.45, 2.75) is 12.6 Å². The Morgan fingerprint density at radius 2 is 1.36 bits per heavy atom. The Bertz CT molecular complexity index is 157. The lowest BCUT2D eigenvalue weighted by Gasteiger charge is -2.03. The van der Waals surface area contributed by atoms with Gasteiger partial charge in [0.2, 0.25) is 0 Å². The van der Waals surface area contributed by atoms with Gasteiger partial charge >= 0.3 is 6.03 Å². The summed E-state index contributed by atoms with van der Waals surface area (Å²) in [6.07, 6.45) is 0.608. The third-order valence-corrected chi connectivity index (χ3v) is 0.923. The van der Waals surface area contributed by atoms with Gasteiger partial charge in [0.25, 0.3) is 0 Å². The van der Waals surface area contributed by atoms with Crippen LogP contribution in [0.15, 0.2) is 12.2 Å². The van der Waals surface area contributed by atoms with Crippen LogP contribution in [0.5, 0.6) is 0 Å². The van der Waals surface area contributed by atoms with E-state index in [0.29, 0.717) is 0 Å². The molecule has 0 aliphatic heterocycles. The van der Waals surface area contributed by atoms with E-state index in [1.807, 2.05) is 0 Å². The molecule has 0 aromatic heterocycles. The molecule has 0 fully saturated rings. The summed E-state index contributed by atoms with van der Waals surface area (Å²) in [6.45, 7) is 0. The summed E-state index contributed by atoms with van der Waals surface area (Å²) in [4.78, 5) is 9.00. The van der Waals surface area contributed by atoms with E-state index in [1.165, 1.54) is 26.4 Å². The maximum atomic E-state index is 9.00. The highest BCUT2D eigenvalue weighted by Gasteiger charge is 1.96. The molecule has 0 bridgehead atoms. The molecule has 0 aromatic carbocycles. The van der Waals surface area contributed by atoms with Crippen LogP contribution in [-0.2, 0) is 9.47 Å². The van der Waals surface area contributed by atoms with E-state index in [4.69, 9.17) is 15.0 Å². The number of hydrogen-bond acceptors (Lipinski definition) is 5. The van der Waals surface area contributed by atoms with Gasteiger partial charge in [-0.2, -0.15) is 0 Å². The van der Waals surface area contributed by atoms with Gasteiger partial charge in [0.15, 0.2) is 12.6 Å². The first kappa shape index (κ1) is 15.3. The third kappa shape index (κ3) is 17.1. The second kappa shape index (κ2) is 9.93. The number of aliphatic hydroxyl groups excluding tert-OH is 2. The summed E-state index contributed by atoms with van der Waals surface area (Å²) in [5, 5.41) is 17.5. The summed E-state index contributed by atoms with van der Waals surface area (Å²) in [7, 11) is 2.71. The Balaban J connectivity index is 0. The predicted octanol–water partition coefficient (Wildman–Crippen LogP) is -1.50. The molecule has 7 nitrogen and oxygen atoms in total. The Labute approximate surface area is 81.9 Å². The minimum atomic E-state index is -0.982. The monoisotopic (exact) mass is 208 g/mol. The predicted molar refractivity (Wildman–Crippen MR) is 48.9 cm³/mol. The number of hydrogen-bond donors (Lipinski definition) is 4. The second-order valence-corrected chi connectivity index (χ2v) is 2.04. The number of aliphatic hydroxyl groups is 2. The van der Waals surface area contributed by atoms with Crippen LogP contribution in [0.2, 0.25) is 0 Å². The first-order chi connectivity index (χ1) is 6.43. The van der Waals surface area contributed by atoms with E-state index in [9.17, 15) is 0 Å². The topological polar surface area (TPSA) is 128 Å². The van der Waals surface area contributed by atoms with Crippen LogP contribution in [-0.4, -0.2) is 43.0 Å². The fourth-order valence-electron chi connectivity index (χ4n) is 0.347. The van der Waals surface area contributed by atoms with Crippen molar-refractivity contribution in [2.24, 2.45) is 11.5 Å². The standard InChI is InChI=1S/C6H12O4.CH4N2O/c1-9-5(7)3-4-6(8)10-2;2-1(3)4/h3-8H,1-2H3;(H4,2,3,4). The van der Waals surface area contributed by atoms with Crippen molar-refractivity contribution in [1.29, 1.82) is 0 Å². The van der Waals surface area contributed by atoms with E-state index >= 15 is 0 Å². The quantitative estimate of drug-likeness (QED) is 0.330. The number of rotatable bonds is 4. The van der Waals surface area contributed by atoms with Gasteiger partial charge < -0.3 is 31.2 Å². The smallest absolute Gasteiger partial charge is 0.309 e. The third-order valence-electron chi connectivity index (χ3n) is 0.923. The van der Waals surface area contributed by atoms with Gasteiger partial charge in [-0.05, 0) is 12.2 Å². The lowest BCUT2D eigenvalue weighted by molar-refractivity contribution is -0.0491. The fraction of sp³-hybridized carbons (Fsp3) is 0.571. The van der Waals surface area contributed by atoms with E-state index in [1.54, 1.807) is 0 Å². The summed E-state index contributed by atoms with van der Waals surface area (Å²) in [6, 6.07) is -0.833. The van der Waals surface area contributed by atoms with Crippen LogP contribution in [0.4, 0.5) is 4.79 Å². The van der Waals surface area contributed by atoms with Gasteiger partial charge in [0.1, 0.15) is 0 Å². The molecule has 0 aliphatic rings. The number of nitrogens with two attached hydrogens (primary N) is 2. The Hall–Kier alpha value is -1.15. The molecule has 0 saturated heterocycles. The van der Waals surface area contributed by atoms with Crippen molar-refractivity contribution < 1.29 is 24.5 Å². The van der Waals surface area contributed by atoms with Crippen molar-refractivity contribution >= 4 is 6.03 Å². The van der Waals surface area contributed by atoms with Crippen LogP contribution in [0, 0.1) is 0 Å². The molecule has 6 N–H and O–H groups in total. The minimum absolute atomic E-state index is 0.833. The normalized spacial score (nSPS) is 14.3. The first-order valence-electron chi connectivity index (χ1n) is 3.59. The lowest BCUT2D eigenvalue weighted by Crippen LogP contribution is -2.18. The molecule has 14 heavy (non-hydrogen) atoms. The highest BCUT2D eigenvalue weighted by molar-refractivity contribution is 5.69. The summed E-state index contributed by atoms with van der Waals surface area (Å²) < 4.78 is 8.89. The molecule has 7 heteroatoms. The molecule has 0 spiro atoms. The molecule has 2 atom stereocenters. The van der Waals surface area contributed by atoms with Gasteiger partial charge in [-0.15, -0.1) is 0 Å². The van der Waals surface area contributed by atoms with Crippen molar-refractivity contribution in [3.63, 3.8) is 0 Å². The minimum Gasteiger partial charge on any atom is -0.365 e. The summed E-state index contributed by atoms with van der Waals surface area (Å²) >= 11 is 0. The molecule has 2 amide bonds. The number of ether oxygens (including phenoxy) is 2. The van der Waals surface area contributed by atoms with Crippen molar-refractivity contribution in [1.82, 2.24) is 0 Å². The maximum absolute atomic E-state index is 9.00. The van der Waals surface area contributed by atoms with Crippen LogP contribution in [0.25, 0.3) is 0 Å². The SMILES string of the molecule is COC(O)C=CC(O)OC.NC(N)=O. The average molecular weight is 208 g/mol. The summed E-state index contributed by atoms with van der Waals surface area (Å²) in [5.74, 6) is 0. The van der Waals surface area contributed by atoms with E-state index in [-0.39, 0.29) is 0 Å².